The zero-order valence-corrected chi connectivity index (χ0v) is 14.8. The van der Waals surface area contributed by atoms with Gasteiger partial charge < -0.3 is 4.74 Å². The Kier molecular flexibility index (Phi) is 4.75. The summed E-state index contributed by atoms with van der Waals surface area (Å²) in [5, 5.41) is 0. The maximum absolute atomic E-state index is 12.8. The predicted octanol–water partition coefficient (Wildman–Crippen LogP) is 5.50. The quantitative estimate of drug-likeness (QED) is 0.640. The molecule has 1 unspecified atom stereocenters. The smallest absolute Gasteiger partial charge is 0.312 e. The standard InChI is InChI=1S/C19H34O2/c1-6-17(2,3)16(20)21-19(14-10-13-18(19,4)5)15-11-8-7-9-12-15/h15H,6-14H2,1-5H3. The summed E-state index contributed by atoms with van der Waals surface area (Å²) in [5.74, 6) is 0.589. The van der Waals surface area contributed by atoms with Crippen LogP contribution in [0.25, 0.3) is 0 Å². The molecule has 0 bridgehead atoms. The second-order valence-electron chi connectivity index (χ2n) is 8.59. The normalized spacial score (nSPS) is 30.3. The highest BCUT2D eigenvalue weighted by Crippen LogP contribution is 2.56. The van der Waals surface area contributed by atoms with E-state index >= 15 is 0 Å². The number of hydrogen-bond donors (Lipinski definition) is 0. The van der Waals surface area contributed by atoms with Crippen LogP contribution >= 0.6 is 0 Å². The summed E-state index contributed by atoms with van der Waals surface area (Å²) < 4.78 is 6.37. The van der Waals surface area contributed by atoms with E-state index in [0.717, 1.165) is 12.8 Å². The van der Waals surface area contributed by atoms with Gasteiger partial charge in [-0.3, -0.25) is 4.79 Å². The van der Waals surface area contributed by atoms with Crippen molar-refractivity contribution < 1.29 is 9.53 Å². The summed E-state index contributed by atoms with van der Waals surface area (Å²) in [6.07, 6.45) is 10.7. The summed E-state index contributed by atoms with van der Waals surface area (Å²) in [6, 6.07) is 0. The Balaban J connectivity index is 2.27. The van der Waals surface area contributed by atoms with Crippen LogP contribution in [0, 0.1) is 16.7 Å². The van der Waals surface area contributed by atoms with E-state index in [9.17, 15) is 4.79 Å². The fraction of sp³-hybridized carbons (Fsp3) is 0.947. The van der Waals surface area contributed by atoms with Crippen LogP contribution in [-0.2, 0) is 9.53 Å². The molecule has 0 aromatic carbocycles. The van der Waals surface area contributed by atoms with Crippen LogP contribution in [0.4, 0.5) is 0 Å². The van der Waals surface area contributed by atoms with Gasteiger partial charge in [-0.1, -0.05) is 40.0 Å². The van der Waals surface area contributed by atoms with Crippen molar-refractivity contribution in [3.8, 4) is 0 Å². The van der Waals surface area contributed by atoms with E-state index in [4.69, 9.17) is 4.74 Å². The molecule has 0 N–H and O–H groups in total. The maximum atomic E-state index is 12.8. The highest BCUT2D eigenvalue weighted by molar-refractivity contribution is 5.76. The van der Waals surface area contributed by atoms with Crippen LogP contribution in [0.3, 0.4) is 0 Å². The molecule has 0 aliphatic heterocycles. The van der Waals surface area contributed by atoms with Gasteiger partial charge in [-0.05, 0) is 58.3 Å². The van der Waals surface area contributed by atoms with E-state index in [0.29, 0.717) is 5.92 Å². The second-order valence-corrected chi connectivity index (χ2v) is 8.59. The molecule has 2 aliphatic carbocycles. The topological polar surface area (TPSA) is 26.3 Å². The summed E-state index contributed by atoms with van der Waals surface area (Å²) >= 11 is 0. The van der Waals surface area contributed by atoms with Crippen molar-refractivity contribution in [2.24, 2.45) is 16.7 Å². The zero-order valence-electron chi connectivity index (χ0n) is 14.8. The fourth-order valence-electron chi connectivity index (χ4n) is 4.39. The molecule has 0 radical (unpaired) electrons. The number of esters is 1. The molecule has 1 atom stereocenters. The maximum Gasteiger partial charge on any atom is 0.312 e. The van der Waals surface area contributed by atoms with Crippen LogP contribution < -0.4 is 0 Å². The lowest BCUT2D eigenvalue weighted by Gasteiger charge is -2.49. The molecule has 0 aromatic rings. The highest BCUT2D eigenvalue weighted by atomic mass is 16.6. The van der Waals surface area contributed by atoms with Gasteiger partial charge in [-0.2, -0.15) is 0 Å². The number of hydrogen-bond acceptors (Lipinski definition) is 2. The number of ether oxygens (including phenoxy) is 1. The molecule has 0 heterocycles. The summed E-state index contributed by atoms with van der Waals surface area (Å²) in [5.41, 5.74) is -0.453. The molecule has 0 saturated heterocycles. The van der Waals surface area contributed by atoms with Gasteiger partial charge in [0.15, 0.2) is 0 Å². The van der Waals surface area contributed by atoms with Crippen molar-refractivity contribution in [3.05, 3.63) is 0 Å². The Morgan fingerprint density at radius 1 is 1.10 bits per heavy atom. The zero-order chi connectivity index (χ0) is 15.7. The van der Waals surface area contributed by atoms with E-state index in [1.54, 1.807) is 0 Å². The molecule has 2 nitrogen and oxygen atoms in total. The molecule has 0 amide bonds. The average molecular weight is 294 g/mol. The molecule has 2 heteroatoms. The third kappa shape index (κ3) is 3.00. The van der Waals surface area contributed by atoms with Crippen molar-refractivity contribution in [1.29, 1.82) is 0 Å². The first-order valence-electron chi connectivity index (χ1n) is 8.99. The van der Waals surface area contributed by atoms with Gasteiger partial charge in [0.2, 0.25) is 0 Å². The lowest BCUT2D eigenvalue weighted by atomic mass is 9.65. The van der Waals surface area contributed by atoms with E-state index in [-0.39, 0.29) is 22.4 Å². The molecule has 21 heavy (non-hydrogen) atoms. The van der Waals surface area contributed by atoms with Gasteiger partial charge in [0.25, 0.3) is 0 Å². The Labute approximate surface area is 131 Å². The van der Waals surface area contributed by atoms with Crippen molar-refractivity contribution in [3.63, 3.8) is 0 Å². The van der Waals surface area contributed by atoms with Gasteiger partial charge in [0, 0.05) is 5.41 Å². The minimum atomic E-state index is -0.361. The SMILES string of the molecule is CCC(C)(C)C(=O)OC1(C2CCCCC2)CCCC1(C)C. The Morgan fingerprint density at radius 2 is 1.71 bits per heavy atom. The van der Waals surface area contributed by atoms with Crippen LogP contribution in [0.1, 0.15) is 92.4 Å². The van der Waals surface area contributed by atoms with Crippen molar-refractivity contribution >= 4 is 5.97 Å². The molecule has 0 spiro atoms. The van der Waals surface area contributed by atoms with Crippen molar-refractivity contribution in [1.82, 2.24) is 0 Å². The lowest BCUT2D eigenvalue weighted by Crippen LogP contribution is -2.52. The van der Waals surface area contributed by atoms with E-state index in [1.165, 1.54) is 44.9 Å². The van der Waals surface area contributed by atoms with Crippen LogP contribution in [0.15, 0.2) is 0 Å². The molecule has 2 rings (SSSR count). The average Bonchev–Trinajstić information content (AvgIpc) is 2.75. The molecule has 122 valence electrons. The number of rotatable bonds is 4. The monoisotopic (exact) mass is 294 g/mol. The molecule has 2 fully saturated rings. The van der Waals surface area contributed by atoms with Gasteiger partial charge in [-0.15, -0.1) is 0 Å². The Bertz CT molecular complexity index is 377. The molecule has 0 aromatic heterocycles. The van der Waals surface area contributed by atoms with Crippen LogP contribution in [0.5, 0.6) is 0 Å². The van der Waals surface area contributed by atoms with Crippen molar-refractivity contribution in [2.75, 3.05) is 0 Å². The lowest BCUT2D eigenvalue weighted by molar-refractivity contribution is -0.194. The Morgan fingerprint density at radius 3 is 2.19 bits per heavy atom. The van der Waals surface area contributed by atoms with Gasteiger partial charge in [-0.25, -0.2) is 0 Å². The first-order valence-corrected chi connectivity index (χ1v) is 8.99. The van der Waals surface area contributed by atoms with Crippen molar-refractivity contribution in [2.45, 2.75) is 98.0 Å². The van der Waals surface area contributed by atoms with Gasteiger partial charge in [0.1, 0.15) is 5.60 Å². The highest BCUT2D eigenvalue weighted by Gasteiger charge is 2.57. The third-order valence-corrected chi connectivity index (χ3v) is 6.47. The van der Waals surface area contributed by atoms with Gasteiger partial charge >= 0.3 is 5.97 Å². The molecule has 2 saturated carbocycles. The summed E-state index contributed by atoms with van der Waals surface area (Å²) in [7, 11) is 0. The molecular weight excluding hydrogens is 260 g/mol. The second kappa shape index (κ2) is 5.93. The predicted molar refractivity (Wildman–Crippen MR) is 87.1 cm³/mol. The van der Waals surface area contributed by atoms with E-state index < -0.39 is 0 Å². The summed E-state index contributed by atoms with van der Waals surface area (Å²) in [4.78, 5) is 12.8. The first kappa shape index (κ1) is 16.8. The fourth-order valence-corrected chi connectivity index (χ4v) is 4.39. The Hall–Kier alpha value is -0.530. The minimum Gasteiger partial charge on any atom is -0.458 e. The minimum absolute atomic E-state index is 0.0190. The third-order valence-electron chi connectivity index (χ3n) is 6.47. The van der Waals surface area contributed by atoms with E-state index in [1.807, 2.05) is 13.8 Å². The number of carbonyl (C=O) groups is 1. The van der Waals surface area contributed by atoms with Crippen LogP contribution in [0.2, 0.25) is 0 Å². The van der Waals surface area contributed by atoms with Gasteiger partial charge in [0.05, 0.1) is 5.41 Å². The first-order chi connectivity index (χ1) is 9.75. The molecular formula is C19H34O2. The largest absolute Gasteiger partial charge is 0.458 e. The van der Waals surface area contributed by atoms with E-state index in [2.05, 4.69) is 20.8 Å². The molecule has 2 aliphatic rings. The summed E-state index contributed by atoms with van der Waals surface area (Å²) in [6.45, 7) is 10.8. The van der Waals surface area contributed by atoms with Crippen LogP contribution in [-0.4, -0.2) is 11.6 Å². The number of carbonyl (C=O) groups excluding carboxylic acids is 1.